The molecule has 0 N–H and O–H groups in total. The minimum atomic E-state index is 0.679. The topological polar surface area (TPSA) is 49.6 Å². The van der Waals surface area contributed by atoms with Crippen LogP contribution >= 0.6 is 0 Å². The van der Waals surface area contributed by atoms with Gasteiger partial charge in [-0.25, -0.2) is 0 Å². The summed E-state index contributed by atoms with van der Waals surface area (Å²) in [5.41, 5.74) is 2.75. The van der Waals surface area contributed by atoms with E-state index < -0.39 is 0 Å². The number of rotatable bonds is 2. The van der Waals surface area contributed by atoms with Gasteiger partial charge in [-0.05, 0) is 17.7 Å². The first kappa shape index (κ1) is 9.35. The number of nitriles is 1. The quantitative estimate of drug-likeness (QED) is 0.735. The summed E-state index contributed by atoms with van der Waals surface area (Å²) >= 11 is 0. The molecule has 0 spiro atoms. The van der Waals surface area contributed by atoms with Crippen molar-refractivity contribution in [2.45, 2.75) is 6.42 Å². The summed E-state index contributed by atoms with van der Waals surface area (Å²) in [6, 6.07) is 9.59. The lowest BCUT2D eigenvalue weighted by atomic mass is 10.1. The highest BCUT2D eigenvalue weighted by Gasteiger charge is 1.97. The number of aromatic nitrogens is 2. The Labute approximate surface area is 88.1 Å². The molecule has 3 nitrogen and oxygen atoms in total. The zero-order chi connectivity index (χ0) is 10.5. The van der Waals surface area contributed by atoms with Crippen LogP contribution in [0.3, 0.4) is 0 Å². The summed E-state index contributed by atoms with van der Waals surface area (Å²) in [6.07, 6.45) is 5.83. The van der Waals surface area contributed by atoms with Crippen LogP contribution in [0.2, 0.25) is 0 Å². The third kappa shape index (κ3) is 2.38. The molecule has 15 heavy (non-hydrogen) atoms. The largest absolute Gasteiger partial charge is 0.261 e. The van der Waals surface area contributed by atoms with Crippen LogP contribution in [0.4, 0.5) is 0 Å². The Morgan fingerprint density at radius 2 is 1.93 bits per heavy atom. The average molecular weight is 195 g/mol. The van der Waals surface area contributed by atoms with Crippen molar-refractivity contribution < 1.29 is 0 Å². The second-order valence-electron chi connectivity index (χ2n) is 3.18. The lowest BCUT2D eigenvalue weighted by Crippen LogP contribution is -1.92. The molecule has 2 aromatic rings. The van der Waals surface area contributed by atoms with Gasteiger partial charge in [-0.1, -0.05) is 12.1 Å². The van der Waals surface area contributed by atoms with Crippen LogP contribution in [-0.4, -0.2) is 9.97 Å². The molecule has 2 rings (SSSR count). The van der Waals surface area contributed by atoms with Gasteiger partial charge in [0.15, 0.2) is 0 Å². The molecule has 0 aliphatic heterocycles. The molecule has 1 aromatic carbocycles. The van der Waals surface area contributed by atoms with E-state index in [2.05, 4.69) is 16.0 Å². The van der Waals surface area contributed by atoms with Gasteiger partial charge >= 0.3 is 0 Å². The van der Waals surface area contributed by atoms with Gasteiger partial charge in [-0.2, -0.15) is 5.26 Å². The Hall–Kier alpha value is -2.21. The fraction of sp³-hybridized carbons (Fsp3) is 0.0833. The maximum absolute atomic E-state index is 8.65. The fourth-order valence-electron chi connectivity index (χ4n) is 1.33. The van der Waals surface area contributed by atoms with Crippen LogP contribution in [0.1, 0.15) is 16.8 Å². The van der Waals surface area contributed by atoms with Gasteiger partial charge in [0.25, 0.3) is 0 Å². The van der Waals surface area contributed by atoms with Crippen LogP contribution in [0.15, 0.2) is 42.9 Å². The molecule has 72 valence electrons. The first-order chi connectivity index (χ1) is 7.38. The monoisotopic (exact) mass is 195 g/mol. The standard InChI is InChI=1S/C12H9N3/c13-8-11-3-1-10(2-4-11)7-12-9-14-5-6-15-12/h1-6,9H,7H2. The van der Waals surface area contributed by atoms with Gasteiger partial charge in [0.05, 0.1) is 17.3 Å². The number of hydrogen-bond acceptors (Lipinski definition) is 3. The third-order valence-electron chi connectivity index (χ3n) is 2.08. The first-order valence-electron chi connectivity index (χ1n) is 4.62. The molecule has 0 saturated carbocycles. The SMILES string of the molecule is N#Cc1ccc(Cc2cnccn2)cc1. The highest BCUT2D eigenvalue weighted by atomic mass is 14.8. The predicted octanol–water partition coefficient (Wildman–Crippen LogP) is 1.94. The highest BCUT2D eigenvalue weighted by molar-refractivity contribution is 5.32. The molecule has 0 aliphatic rings. The summed E-state index contributed by atoms with van der Waals surface area (Å²) in [6.45, 7) is 0. The van der Waals surface area contributed by atoms with Crippen LogP contribution in [-0.2, 0) is 6.42 Å². The lowest BCUT2D eigenvalue weighted by molar-refractivity contribution is 1.03. The molecule has 0 fully saturated rings. The van der Waals surface area contributed by atoms with E-state index in [1.54, 1.807) is 18.6 Å². The van der Waals surface area contributed by atoms with Crippen LogP contribution in [0.5, 0.6) is 0 Å². The summed E-state index contributed by atoms with van der Waals surface area (Å²) < 4.78 is 0. The van der Waals surface area contributed by atoms with E-state index in [0.29, 0.717) is 5.56 Å². The van der Waals surface area contributed by atoms with Crippen molar-refractivity contribution in [3.8, 4) is 6.07 Å². The maximum atomic E-state index is 8.65. The molecule has 0 unspecified atom stereocenters. The summed E-state index contributed by atoms with van der Waals surface area (Å²) in [5.74, 6) is 0. The predicted molar refractivity (Wildman–Crippen MR) is 56.0 cm³/mol. The summed E-state index contributed by atoms with van der Waals surface area (Å²) in [7, 11) is 0. The second-order valence-corrected chi connectivity index (χ2v) is 3.18. The van der Waals surface area contributed by atoms with E-state index in [4.69, 9.17) is 5.26 Å². The molecule has 0 radical (unpaired) electrons. The van der Waals surface area contributed by atoms with E-state index in [1.807, 2.05) is 24.3 Å². The van der Waals surface area contributed by atoms with E-state index in [-0.39, 0.29) is 0 Å². The minimum absolute atomic E-state index is 0.679. The molecular weight excluding hydrogens is 186 g/mol. The molecule has 1 heterocycles. The molecule has 0 aliphatic carbocycles. The van der Waals surface area contributed by atoms with Crippen molar-refractivity contribution in [1.29, 1.82) is 5.26 Å². The van der Waals surface area contributed by atoms with E-state index >= 15 is 0 Å². The zero-order valence-electron chi connectivity index (χ0n) is 8.09. The normalized spacial score (nSPS) is 9.53. The Balaban J connectivity index is 2.16. The average Bonchev–Trinajstić information content (AvgIpc) is 2.31. The molecular formula is C12H9N3. The van der Waals surface area contributed by atoms with Crippen molar-refractivity contribution in [3.63, 3.8) is 0 Å². The first-order valence-corrected chi connectivity index (χ1v) is 4.62. The highest BCUT2D eigenvalue weighted by Crippen LogP contribution is 2.07. The lowest BCUT2D eigenvalue weighted by Gasteiger charge is -1.99. The van der Waals surface area contributed by atoms with Crippen molar-refractivity contribution in [2.75, 3.05) is 0 Å². The smallest absolute Gasteiger partial charge is 0.0991 e. The fourth-order valence-corrected chi connectivity index (χ4v) is 1.33. The molecule has 3 heteroatoms. The number of nitrogens with zero attached hydrogens (tertiary/aromatic N) is 3. The van der Waals surface area contributed by atoms with Gasteiger partial charge in [-0.15, -0.1) is 0 Å². The maximum Gasteiger partial charge on any atom is 0.0991 e. The van der Waals surface area contributed by atoms with Gasteiger partial charge in [0.2, 0.25) is 0 Å². The summed E-state index contributed by atoms with van der Waals surface area (Å²) in [5, 5.41) is 8.65. The van der Waals surface area contributed by atoms with E-state index in [9.17, 15) is 0 Å². The van der Waals surface area contributed by atoms with Crippen LogP contribution in [0, 0.1) is 11.3 Å². The molecule has 0 bridgehead atoms. The Bertz CT molecular complexity index is 468. The second kappa shape index (κ2) is 4.34. The van der Waals surface area contributed by atoms with Crippen molar-refractivity contribution in [3.05, 3.63) is 59.7 Å². The van der Waals surface area contributed by atoms with Crippen molar-refractivity contribution in [1.82, 2.24) is 9.97 Å². The summed E-state index contributed by atoms with van der Waals surface area (Å²) in [4.78, 5) is 8.19. The Kier molecular flexibility index (Phi) is 2.70. The molecule has 0 atom stereocenters. The van der Waals surface area contributed by atoms with Gasteiger partial charge in [0.1, 0.15) is 0 Å². The Morgan fingerprint density at radius 1 is 1.13 bits per heavy atom. The van der Waals surface area contributed by atoms with Crippen LogP contribution < -0.4 is 0 Å². The Morgan fingerprint density at radius 3 is 2.53 bits per heavy atom. The van der Waals surface area contributed by atoms with Crippen LogP contribution in [0.25, 0.3) is 0 Å². The van der Waals surface area contributed by atoms with Crippen molar-refractivity contribution >= 4 is 0 Å². The molecule has 0 saturated heterocycles. The molecule has 0 amide bonds. The number of benzene rings is 1. The van der Waals surface area contributed by atoms with Gasteiger partial charge in [0, 0.05) is 25.0 Å². The third-order valence-corrected chi connectivity index (χ3v) is 2.08. The van der Waals surface area contributed by atoms with E-state index in [0.717, 1.165) is 17.7 Å². The van der Waals surface area contributed by atoms with E-state index in [1.165, 1.54) is 0 Å². The number of hydrogen-bond donors (Lipinski definition) is 0. The molecule has 1 aromatic heterocycles. The van der Waals surface area contributed by atoms with Gasteiger partial charge in [-0.3, -0.25) is 9.97 Å². The van der Waals surface area contributed by atoms with Crippen molar-refractivity contribution in [2.24, 2.45) is 0 Å². The van der Waals surface area contributed by atoms with Gasteiger partial charge < -0.3 is 0 Å². The zero-order valence-corrected chi connectivity index (χ0v) is 8.09. The minimum Gasteiger partial charge on any atom is -0.261 e.